The number of hydrogen-bond acceptors (Lipinski definition) is 5. The van der Waals surface area contributed by atoms with Crippen molar-refractivity contribution >= 4 is 11.6 Å². The molecule has 0 aliphatic carbocycles. The third kappa shape index (κ3) is 6.29. The molecule has 5 heteroatoms. The van der Waals surface area contributed by atoms with E-state index in [0.717, 1.165) is 61.9 Å². The summed E-state index contributed by atoms with van der Waals surface area (Å²) in [6.45, 7) is 9.30. The monoisotopic (exact) mass is 293 g/mol. The second kappa shape index (κ2) is 9.55. The molecule has 0 aliphatic rings. The fraction of sp³-hybridized carbons (Fsp3) is 0.750. The van der Waals surface area contributed by atoms with Crippen LogP contribution >= 0.6 is 0 Å². The molecule has 0 unspecified atom stereocenters. The molecule has 1 rings (SSSR count). The van der Waals surface area contributed by atoms with Crippen LogP contribution in [0.1, 0.15) is 44.5 Å². The van der Waals surface area contributed by atoms with Crippen LogP contribution in [0, 0.1) is 6.92 Å². The summed E-state index contributed by atoms with van der Waals surface area (Å²) in [6.07, 6.45) is 4.35. The van der Waals surface area contributed by atoms with Crippen molar-refractivity contribution in [2.24, 2.45) is 0 Å². The summed E-state index contributed by atoms with van der Waals surface area (Å²) in [4.78, 5) is 11.5. The highest BCUT2D eigenvalue weighted by molar-refractivity contribution is 5.57. The van der Waals surface area contributed by atoms with Crippen LogP contribution in [0.2, 0.25) is 0 Å². The Balaban J connectivity index is 2.65. The molecular formula is C16H31N5. The Kier molecular flexibility index (Phi) is 8.05. The van der Waals surface area contributed by atoms with E-state index in [4.69, 9.17) is 0 Å². The minimum Gasteiger partial charge on any atom is -0.370 e. The summed E-state index contributed by atoms with van der Waals surface area (Å²) < 4.78 is 0. The highest BCUT2D eigenvalue weighted by Gasteiger charge is 2.09. The van der Waals surface area contributed by atoms with Gasteiger partial charge in [0, 0.05) is 25.1 Å². The van der Waals surface area contributed by atoms with E-state index < -0.39 is 0 Å². The Hall–Kier alpha value is -1.36. The third-order valence-corrected chi connectivity index (χ3v) is 3.33. The average molecular weight is 293 g/mol. The molecule has 0 fully saturated rings. The zero-order valence-electron chi connectivity index (χ0n) is 14.3. The van der Waals surface area contributed by atoms with Crippen LogP contribution in [0.3, 0.4) is 0 Å². The Bertz CT molecular complexity index is 417. The predicted molar refractivity (Wildman–Crippen MR) is 91.2 cm³/mol. The lowest BCUT2D eigenvalue weighted by Gasteiger charge is -2.15. The van der Waals surface area contributed by atoms with Crippen LogP contribution in [0.25, 0.3) is 0 Å². The summed E-state index contributed by atoms with van der Waals surface area (Å²) in [5.74, 6) is 2.87. The Morgan fingerprint density at radius 1 is 1.00 bits per heavy atom. The number of aromatic nitrogens is 2. The molecule has 0 bridgehead atoms. The standard InChI is InChI=1S/C16H31N5/c1-6-10-14-19-15(17-7-2)13(3)16(20-14)18-11-8-9-12-21(4)5/h6-12H2,1-5H3,(H2,17,18,19,20). The fourth-order valence-corrected chi connectivity index (χ4v) is 2.17. The fourth-order valence-electron chi connectivity index (χ4n) is 2.17. The van der Waals surface area contributed by atoms with Gasteiger partial charge in [-0.3, -0.25) is 0 Å². The number of hydrogen-bond donors (Lipinski definition) is 2. The summed E-state index contributed by atoms with van der Waals surface area (Å²) in [6, 6.07) is 0. The molecule has 2 N–H and O–H groups in total. The Morgan fingerprint density at radius 3 is 2.24 bits per heavy atom. The topological polar surface area (TPSA) is 53.1 Å². The summed E-state index contributed by atoms with van der Waals surface area (Å²) >= 11 is 0. The predicted octanol–water partition coefficient (Wildman–Crippen LogP) is 2.92. The van der Waals surface area contributed by atoms with Gasteiger partial charge in [0.1, 0.15) is 17.5 Å². The lowest BCUT2D eigenvalue weighted by Crippen LogP contribution is -2.15. The number of rotatable bonds is 10. The van der Waals surface area contributed by atoms with Crippen molar-refractivity contribution in [2.45, 2.75) is 46.5 Å². The van der Waals surface area contributed by atoms with E-state index in [-0.39, 0.29) is 0 Å². The molecule has 1 heterocycles. The lowest BCUT2D eigenvalue weighted by molar-refractivity contribution is 0.396. The summed E-state index contributed by atoms with van der Waals surface area (Å²) in [5.41, 5.74) is 1.12. The number of aryl methyl sites for hydroxylation is 1. The van der Waals surface area contributed by atoms with Gasteiger partial charge in [-0.25, -0.2) is 9.97 Å². The van der Waals surface area contributed by atoms with E-state index in [1.807, 2.05) is 0 Å². The van der Waals surface area contributed by atoms with E-state index in [2.05, 4.69) is 60.4 Å². The van der Waals surface area contributed by atoms with Gasteiger partial charge >= 0.3 is 0 Å². The van der Waals surface area contributed by atoms with Gasteiger partial charge in [0.2, 0.25) is 0 Å². The smallest absolute Gasteiger partial charge is 0.134 e. The molecule has 0 amide bonds. The molecule has 1 aromatic rings. The second-order valence-electron chi connectivity index (χ2n) is 5.68. The first-order chi connectivity index (χ1) is 10.1. The Labute approximate surface area is 129 Å². The van der Waals surface area contributed by atoms with Crippen molar-refractivity contribution in [3.63, 3.8) is 0 Å². The number of anilines is 2. The molecule has 5 nitrogen and oxygen atoms in total. The summed E-state index contributed by atoms with van der Waals surface area (Å²) in [7, 11) is 4.23. The van der Waals surface area contributed by atoms with Crippen LogP contribution < -0.4 is 10.6 Å². The van der Waals surface area contributed by atoms with Crippen molar-refractivity contribution < 1.29 is 0 Å². The van der Waals surface area contributed by atoms with Crippen LogP contribution in [-0.2, 0) is 6.42 Å². The minimum absolute atomic E-state index is 0.881. The lowest BCUT2D eigenvalue weighted by atomic mass is 10.2. The third-order valence-electron chi connectivity index (χ3n) is 3.33. The Morgan fingerprint density at radius 2 is 1.67 bits per heavy atom. The quantitative estimate of drug-likeness (QED) is 0.650. The van der Waals surface area contributed by atoms with Gasteiger partial charge in [0.15, 0.2) is 0 Å². The first kappa shape index (κ1) is 17.7. The molecule has 0 aliphatic heterocycles. The van der Waals surface area contributed by atoms with Gasteiger partial charge in [-0.1, -0.05) is 6.92 Å². The largest absolute Gasteiger partial charge is 0.370 e. The summed E-state index contributed by atoms with van der Waals surface area (Å²) in [5, 5.41) is 6.81. The van der Waals surface area contributed by atoms with Crippen LogP contribution in [0.5, 0.6) is 0 Å². The van der Waals surface area contributed by atoms with Gasteiger partial charge in [-0.2, -0.15) is 0 Å². The first-order valence-electron chi connectivity index (χ1n) is 8.08. The molecule has 0 aromatic carbocycles. The van der Waals surface area contributed by atoms with Gasteiger partial charge in [-0.15, -0.1) is 0 Å². The molecule has 120 valence electrons. The highest BCUT2D eigenvalue weighted by Crippen LogP contribution is 2.20. The molecule has 0 saturated carbocycles. The zero-order valence-corrected chi connectivity index (χ0v) is 14.3. The van der Waals surface area contributed by atoms with Crippen molar-refractivity contribution in [3.05, 3.63) is 11.4 Å². The van der Waals surface area contributed by atoms with Crippen molar-refractivity contribution in [2.75, 3.05) is 44.4 Å². The van der Waals surface area contributed by atoms with E-state index in [1.165, 1.54) is 6.42 Å². The van der Waals surface area contributed by atoms with Crippen LogP contribution in [0.15, 0.2) is 0 Å². The molecule has 0 spiro atoms. The number of nitrogens with one attached hydrogen (secondary N) is 2. The molecule has 21 heavy (non-hydrogen) atoms. The van der Waals surface area contributed by atoms with Crippen molar-refractivity contribution in [3.8, 4) is 0 Å². The molecule has 1 aromatic heterocycles. The number of unbranched alkanes of at least 4 members (excludes halogenated alkanes) is 1. The van der Waals surface area contributed by atoms with Crippen LogP contribution in [-0.4, -0.2) is 48.6 Å². The molecular weight excluding hydrogens is 262 g/mol. The van der Waals surface area contributed by atoms with Crippen molar-refractivity contribution in [1.29, 1.82) is 0 Å². The van der Waals surface area contributed by atoms with Crippen LogP contribution in [0.4, 0.5) is 11.6 Å². The van der Waals surface area contributed by atoms with Crippen molar-refractivity contribution in [1.82, 2.24) is 14.9 Å². The number of nitrogens with zero attached hydrogens (tertiary/aromatic N) is 3. The maximum atomic E-state index is 4.67. The molecule has 0 radical (unpaired) electrons. The van der Waals surface area contributed by atoms with Gasteiger partial charge in [0.25, 0.3) is 0 Å². The van der Waals surface area contributed by atoms with Gasteiger partial charge in [0.05, 0.1) is 0 Å². The normalized spacial score (nSPS) is 11.0. The molecule has 0 atom stereocenters. The zero-order chi connectivity index (χ0) is 15.7. The first-order valence-corrected chi connectivity index (χ1v) is 8.08. The van der Waals surface area contributed by atoms with E-state index in [9.17, 15) is 0 Å². The minimum atomic E-state index is 0.881. The molecule has 0 saturated heterocycles. The highest BCUT2D eigenvalue weighted by atomic mass is 15.1. The van der Waals surface area contributed by atoms with E-state index in [1.54, 1.807) is 0 Å². The maximum Gasteiger partial charge on any atom is 0.134 e. The maximum absolute atomic E-state index is 4.67. The van der Waals surface area contributed by atoms with E-state index in [0.29, 0.717) is 0 Å². The van der Waals surface area contributed by atoms with E-state index >= 15 is 0 Å². The van der Waals surface area contributed by atoms with Gasteiger partial charge < -0.3 is 15.5 Å². The SMILES string of the molecule is CCCc1nc(NCC)c(C)c(NCCCCN(C)C)n1. The second-order valence-corrected chi connectivity index (χ2v) is 5.68. The van der Waals surface area contributed by atoms with Gasteiger partial charge in [-0.05, 0) is 53.8 Å². The average Bonchev–Trinajstić information content (AvgIpc) is 2.43.